The monoisotopic (exact) mass is 324 g/mol. The Bertz CT molecular complexity index is 537. The maximum Gasteiger partial charge on any atom is 0.311 e. The Morgan fingerprint density at radius 3 is 2.59 bits per heavy atom. The number of hydrogen-bond donors (Lipinski definition) is 0. The molecule has 0 spiro atoms. The minimum atomic E-state index is -0.468. The quantitative estimate of drug-likeness (QED) is 0.311. The number of esters is 2. The first-order valence-electron chi connectivity index (χ1n) is 7.30. The summed E-state index contributed by atoms with van der Waals surface area (Å²) >= 11 is 5.89. The van der Waals surface area contributed by atoms with Crippen LogP contribution in [0.5, 0.6) is 5.75 Å². The van der Waals surface area contributed by atoms with Crippen molar-refractivity contribution in [1.82, 2.24) is 0 Å². The third kappa shape index (κ3) is 7.27. The lowest BCUT2D eigenvalue weighted by Crippen LogP contribution is -2.12. The minimum Gasteiger partial charge on any atom is -0.465 e. The van der Waals surface area contributed by atoms with Gasteiger partial charge in [-0.1, -0.05) is 30.7 Å². The molecule has 0 aliphatic heterocycles. The number of rotatable bonds is 8. The molecule has 0 aromatic heterocycles. The van der Waals surface area contributed by atoms with Crippen molar-refractivity contribution in [1.29, 1.82) is 0 Å². The Hall–Kier alpha value is -1.81. The second-order valence-corrected chi connectivity index (χ2v) is 5.18. The second-order valence-electron chi connectivity index (χ2n) is 4.77. The topological polar surface area (TPSA) is 52.6 Å². The van der Waals surface area contributed by atoms with Crippen LogP contribution in [0.2, 0.25) is 5.02 Å². The largest absolute Gasteiger partial charge is 0.465 e. The molecule has 0 unspecified atom stereocenters. The van der Waals surface area contributed by atoms with Crippen LogP contribution in [0.3, 0.4) is 0 Å². The highest BCUT2D eigenvalue weighted by Gasteiger charge is 2.10. The van der Waals surface area contributed by atoms with E-state index in [2.05, 4.69) is 0 Å². The van der Waals surface area contributed by atoms with Gasteiger partial charge in [-0.05, 0) is 43.5 Å². The zero-order chi connectivity index (χ0) is 16.4. The highest BCUT2D eigenvalue weighted by molar-refractivity contribution is 6.31. The molecule has 0 bridgehead atoms. The fraction of sp³-hybridized carbons (Fsp3) is 0.412. The lowest BCUT2D eigenvalue weighted by Gasteiger charge is -2.06. The van der Waals surface area contributed by atoms with E-state index in [-0.39, 0.29) is 12.8 Å². The van der Waals surface area contributed by atoms with Crippen LogP contribution in [0.25, 0.3) is 0 Å². The van der Waals surface area contributed by atoms with E-state index in [4.69, 9.17) is 21.1 Å². The first kappa shape index (κ1) is 18.2. The molecule has 5 heteroatoms. The van der Waals surface area contributed by atoms with Crippen molar-refractivity contribution in [2.24, 2.45) is 0 Å². The predicted octanol–water partition coefficient (Wildman–Crippen LogP) is 4.23. The van der Waals surface area contributed by atoms with E-state index in [1.165, 1.54) is 0 Å². The van der Waals surface area contributed by atoms with Crippen molar-refractivity contribution in [3.05, 3.63) is 40.9 Å². The van der Waals surface area contributed by atoms with E-state index in [0.717, 1.165) is 12.0 Å². The molecule has 0 fully saturated rings. The summed E-state index contributed by atoms with van der Waals surface area (Å²) < 4.78 is 10.2. The molecule has 0 saturated heterocycles. The van der Waals surface area contributed by atoms with Gasteiger partial charge in [-0.15, -0.1) is 0 Å². The van der Waals surface area contributed by atoms with E-state index in [1.54, 1.807) is 18.2 Å². The van der Waals surface area contributed by atoms with Crippen LogP contribution in [0.4, 0.5) is 0 Å². The van der Waals surface area contributed by atoms with Gasteiger partial charge in [-0.25, -0.2) is 0 Å². The van der Waals surface area contributed by atoms with Gasteiger partial charge >= 0.3 is 11.9 Å². The van der Waals surface area contributed by atoms with Gasteiger partial charge in [-0.2, -0.15) is 0 Å². The van der Waals surface area contributed by atoms with Gasteiger partial charge in [0.1, 0.15) is 5.75 Å². The average Bonchev–Trinajstić information content (AvgIpc) is 2.49. The molecule has 1 aromatic carbocycles. The highest BCUT2D eigenvalue weighted by atomic mass is 35.5. The molecule has 0 aliphatic rings. The third-order valence-electron chi connectivity index (χ3n) is 2.84. The van der Waals surface area contributed by atoms with Crippen LogP contribution in [-0.4, -0.2) is 18.5 Å². The van der Waals surface area contributed by atoms with Gasteiger partial charge in [0.2, 0.25) is 0 Å². The van der Waals surface area contributed by atoms with E-state index >= 15 is 0 Å². The number of halogens is 1. The summed E-state index contributed by atoms with van der Waals surface area (Å²) in [6, 6.07) is 4.96. The molecule has 0 aliphatic carbocycles. The summed E-state index contributed by atoms with van der Waals surface area (Å²) in [7, 11) is 0. The van der Waals surface area contributed by atoms with Crippen molar-refractivity contribution in [3.63, 3.8) is 0 Å². The summed E-state index contributed by atoms with van der Waals surface area (Å²) in [6.07, 6.45) is 5.63. The average molecular weight is 325 g/mol. The van der Waals surface area contributed by atoms with Crippen LogP contribution >= 0.6 is 11.6 Å². The maximum atomic E-state index is 11.7. The van der Waals surface area contributed by atoms with Crippen molar-refractivity contribution in [2.75, 3.05) is 6.61 Å². The van der Waals surface area contributed by atoms with E-state index < -0.39 is 11.9 Å². The fourth-order valence-electron chi connectivity index (χ4n) is 1.66. The number of aryl methyl sites for hydroxylation is 1. The van der Waals surface area contributed by atoms with Gasteiger partial charge in [-0.3, -0.25) is 9.59 Å². The highest BCUT2D eigenvalue weighted by Crippen LogP contribution is 2.21. The SMILES string of the molecule is CC/C=C\CCOC(=O)CCC(=O)Oc1ccc(Cl)c(C)c1. The first-order valence-corrected chi connectivity index (χ1v) is 7.68. The van der Waals surface area contributed by atoms with Crippen LogP contribution in [0.1, 0.15) is 38.2 Å². The number of ether oxygens (including phenoxy) is 2. The Morgan fingerprint density at radius 1 is 1.18 bits per heavy atom. The maximum absolute atomic E-state index is 11.7. The van der Waals surface area contributed by atoms with Crippen LogP contribution < -0.4 is 4.74 Å². The van der Waals surface area contributed by atoms with E-state index in [0.29, 0.717) is 23.8 Å². The van der Waals surface area contributed by atoms with E-state index in [9.17, 15) is 9.59 Å². The number of carbonyl (C=O) groups excluding carboxylic acids is 2. The van der Waals surface area contributed by atoms with Gasteiger partial charge in [0, 0.05) is 5.02 Å². The summed E-state index contributed by atoms with van der Waals surface area (Å²) in [5.41, 5.74) is 0.825. The molecule has 0 amide bonds. The normalized spacial score (nSPS) is 10.7. The molecule has 120 valence electrons. The van der Waals surface area contributed by atoms with Crippen LogP contribution in [0, 0.1) is 6.92 Å². The molecule has 4 nitrogen and oxygen atoms in total. The Balaban J connectivity index is 2.26. The molecule has 0 saturated carbocycles. The van der Waals surface area contributed by atoms with Gasteiger partial charge in [0.05, 0.1) is 19.4 Å². The molecular weight excluding hydrogens is 304 g/mol. The lowest BCUT2D eigenvalue weighted by molar-refractivity contribution is -0.146. The number of allylic oxidation sites excluding steroid dienone is 1. The standard InChI is InChI=1S/C17H21ClO4/c1-3-4-5-6-11-21-16(19)9-10-17(20)22-14-7-8-15(18)13(2)12-14/h4-5,7-8,12H,3,6,9-11H2,1-2H3/b5-4-. The summed E-state index contributed by atoms with van der Waals surface area (Å²) in [5.74, 6) is -0.441. The first-order chi connectivity index (χ1) is 10.5. The Labute approximate surface area is 136 Å². The van der Waals surface area contributed by atoms with Crippen LogP contribution in [0.15, 0.2) is 30.4 Å². The molecule has 22 heavy (non-hydrogen) atoms. The van der Waals surface area contributed by atoms with Crippen molar-refractivity contribution < 1.29 is 19.1 Å². The number of carbonyl (C=O) groups is 2. The fourth-order valence-corrected chi connectivity index (χ4v) is 1.78. The minimum absolute atomic E-state index is 0.00862. The second kappa shape index (κ2) is 10.0. The molecule has 0 N–H and O–H groups in total. The van der Waals surface area contributed by atoms with Crippen molar-refractivity contribution in [3.8, 4) is 5.75 Å². The predicted molar refractivity (Wildman–Crippen MR) is 86.1 cm³/mol. The molecular formula is C17H21ClO4. The number of benzene rings is 1. The molecule has 1 aromatic rings. The molecule has 0 atom stereocenters. The Morgan fingerprint density at radius 2 is 1.91 bits per heavy atom. The van der Waals surface area contributed by atoms with Crippen LogP contribution in [-0.2, 0) is 14.3 Å². The summed E-state index contributed by atoms with van der Waals surface area (Å²) in [5, 5.41) is 0.612. The van der Waals surface area contributed by atoms with Gasteiger partial charge < -0.3 is 9.47 Å². The molecule has 0 heterocycles. The summed E-state index contributed by atoms with van der Waals surface area (Å²) in [4.78, 5) is 23.1. The van der Waals surface area contributed by atoms with E-state index in [1.807, 2.05) is 26.0 Å². The van der Waals surface area contributed by atoms with Crippen molar-refractivity contribution in [2.45, 2.75) is 39.5 Å². The lowest BCUT2D eigenvalue weighted by atomic mass is 10.2. The molecule has 1 rings (SSSR count). The third-order valence-corrected chi connectivity index (χ3v) is 3.27. The smallest absolute Gasteiger partial charge is 0.311 e. The zero-order valence-electron chi connectivity index (χ0n) is 12.9. The zero-order valence-corrected chi connectivity index (χ0v) is 13.7. The number of hydrogen-bond acceptors (Lipinski definition) is 4. The van der Waals surface area contributed by atoms with Gasteiger partial charge in [0.25, 0.3) is 0 Å². The summed E-state index contributed by atoms with van der Waals surface area (Å²) in [6.45, 7) is 4.20. The molecule has 0 radical (unpaired) electrons. The Kier molecular flexibility index (Phi) is 8.30. The van der Waals surface area contributed by atoms with Gasteiger partial charge in [0.15, 0.2) is 0 Å². The van der Waals surface area contributed by atoms with Crippen molar-refractivity contribution >= 4 is 23.5 Å².